The van der Waals surface area contributed by atoms with E-state index in [2.05, 4.69) is 61.2 Å². The third kappa shape index (κ3) is 3.43. The largest absolute Gasteiger partial charge is 0.378 e. The van der Waals surface area contributed by atoms with Crippen molar-refractivity contribution in [2.45, 2.75) is 30.1 Å². The van der Waals surface area contributed by atoms with Gasteiger partial charge in [-0.15, -0.1) is 0 Å². The zero-order chi connectivity index (χ0) is 14.5. The van der Waals surface area contributed by atoms with E-state index >= 15 is 0 Å². The number of hydrogen-bond acceptors (Lipinski definition) is 5. The van der Waals surface area contributed by atoms with Gasteiger partial charge in [-0.3, -0.25) is 5.10 Å². The fraction of sp³-hybridized carbons (Fsp3) is 0.214. The molecule has 108 valence electrons. The first-order valence-electron chi connectivity index (χ1n) is 6.72. The summed E-state index contributed by atoms with van der Waals surface area (Å²) in [4.78, 5) is 9.56. The zero-order valence-electron chi connectivity index (χ0n) is 11.7. The highest BCUT2D eigenvalue weighted by molar-refractivity contribution is 7.99. The summed E-state index contributed by atoms with van der Waals surface area (Å²) in [6.07, 6.45) is 5.33. The Kier molecular flexibility index (Phi) is 4.20. The lowest BCUT2D eigenvalue weighted by atomic mass is 10.3. The molecule has 0 aliphatic carbocycles. The van der Waals surface area contributed by atoms with Crippen molar-refractivity contribution < 1.29 is 0 Å². The van der Waals surface area contributed by atoms with E-state index in [9.17, 15) is 0 Å². The quantitative estimate of drug-likeness (QED) is 0.732. The average molecular weight is 300 g/mol. The number of rotatable bonds is 6. The van der Waals surface area contributed by atoms with Crippen LogP contribution in [-0.4, -0.2) is 24.7 Å². The summed E-state index contributed by atoms with van der Waals surface area (Å²) in [5.74, 6) is 1.04. The Morgan fingerprint density at radius 2 is 2.10 bits per heavy atom. The second-order valence-electron chi connectivity index (χ2n) is 4.40. The highest BCUT2D eigenvalue weighted by atomic mass is 32.2. The second kappa shape index (κ2) is 6.45. The number of aromatic nitrogens is 5. The molecule has 2 heterocycles. The minimum absolute atomic E-state index is 0.718. The molecule has 6 nitrogen and oxygen atoms in total. The molecule has 2 N–H and O–H groups in total. The Balaban J connectivity index is 1.59. The third-order valence-corrected chi connectivity index (χ3v) is 3.95. The molecule has 7 heteroatoms. The van der Waals surface area contributed by atoms with E-state index in [1.54, 1.807) is 11.8 Å². The fourth-order valence-electron chi connectivity index (χ4n) is 1.97. The van der Waals surface area contributed by atoms with Crippen molar-refractivity contribution in [1.82, 2.24) is 24.7 Å². The molecule has 0 aliphatic heterocycles. The van der Waals surface area contributed by atoms with Crippen LogP contribution in [0.3, 0.4) is 0 Å². The van der Waals surface area contributed by atoms with E-state index in [1.165, 1.54) is 6.33 Å². The minimum atomic E-state index is 0.718. The Morgan fingerprint density at radius 1 is 1.24 bits per heavy atom. The molecule has 0 fully saturated rings. The summed E-state index contributed by atoms with van der Waals surface area (Å²) in [6.45, 7) is 3.76. The van der Waals surface area contributed by atoms with Gasteiger partial charge in [-0.25, -0.2) is 9.97 Å². The molecule has 1 aromatic carbocycles. The van der Waals surface area contributed by atoms with Crippen LogP contribution in [-0.2, 0) is 13.1 Å². The van der Waals surface area contributed by atoms with Crippen LogP contribution in [0, 0.1) is 0 Å². The number of aryl methyl sites for hydroxylation is 1. The van der Waals surface area contributed by atoms with Gasteiger partial charge in [0.1, 0.15) is 12.2 Å². The molecular formula is C14H16N6S. The molecule has 3 rings (SSSR count). The second-order valence-corrected chi connectivity index (χ2v) is 5.46. The molecule has 0 spiro atoms. The van der Waals surface area contributed by atoms with Gasteiger partial charge in [0, 0.05) is 29.5 Å². The Hall–Kier alpha value is -2.28. The highest BCUT2D eigenvalue weighted by Crippen LogP contribution is 2.25. The summed E-state index contributed by atoms with van der Waals surface area (Å²) >= 11 is 1.55. The third-order valence-electron chi connectivity index (χ3n) is 3.05. The van der Waals surface area contributed by atoms with Crippen LogP contribution in [0.1, 0.15) is 12.7 Å². The molecule has 3 aromatic rings. The molecule has 0 aliphatic rings. The number of nitrogens with one attached hydrogen (secondary N) is 2. The van der Waals surface area contributed by atoms with Crippen LogP contribution in [0.4, 0.5) is 5.69 Å². The monoisotopic (exact) mass is 300 g/mol. The van der Waals surface area contributed by atoms with Gasteiger partial charge in [-0.2, -0.15) is 5.10 Å². The molecule has 0 bridgehead atoms. The maximum atomic E-state index is 4.35. The molecule has 0 saturated heterocycles. The van der Waals surface area contributed by atoms with Crippen molar-refractivity contribution in [3.63, 3.8) is 0 Å². The summed E-state index contributed by atoms with van der Waals surface area (Å²) in [5.41, 5.74) is 1.07. The molecule has 0 saturated carbocycles. The molecule has 2 aromatic heterocycles. The minimum Gasteiger partial charge on any atom is -0.378 e. The number of nitrogens with zero attached hydrogens (tertiary/aromatic N) is 4. The number of benzene rings is 1. The zero-order valence-corrected chi connectivity index (χ0v) is 12.5. The summed E-state index contributed by atoms with van der Waals surface area (Å²) in [6, 6.07) is 8.22. The first kappa shape index (κ1) is 13.7. The number of hydrogen-bond donors (Lipinski definition) is 2. The summed E-state index contributed by atoms with van der Waals surface area (Å²) in [5, 5.41) is 10.8. The number of aromatic amines is 1. The van der Waals surface area contributed by atoms with Gasteiger partial charge in [0.15, 0.2) is 5.16 Å². The van der Waals surface area contributed by atoms with E-state index in [1.807, 2.05) is 12.4 Å². The molecule has 0 atom stereocenters. The maximum Gasteiger partial charge on any atom is 0.188 e. The van der Waals surface area contributed by atoms with Crippen molar-refractivity contribution in [3.8, 4) is 0 Å². The molecule has 0 amide bonds. The van der Waals surface area contributed by atoms with Crippen molar-refractivity contribution in [2.24, 2.45) is 0 Å². The van der Waals surface area contributed by atoms with Crippen molar-refractivity contribution >= 4 is 17.4 Å². The van der Waals surface area contributed by atoms with Gasteiger partial charge < -0.3 is 9.88 Å². The van der Waals surface area contributed by atoms with Crippen molar-refractivity contribution in [2.75, 3.05) is 5.32 Å². The topological polar surface area (TPSA) is 71.4 Å². The number of anilines is 1. The van der Waals surface area contributed by atoms with Crippen LogP contribution in [0.15, 0.2) is 53.0 Å². The van der Waals surface area contributed by atoms with Gasteiger partial charge in [-0.05, 0) is 31.2 Å². The van der Waals surface area contributed by atoms with E-state index in [4.69, 9.17) is 0 Å². The van der Waals surface area contributed by atoms with Gasteiger partial charge in [-0.1, -0.05) is 11.8 Å². The smallest absolute Gasteiger partial charge is 0.188 e. The lowest BCUT2D eigenvalue weighted by Crippen LogP contribution is -2.07. The Morgan fingerprint density at radius 3 is 2.81 bits per heavy atom. The van der Waals surface area contributed by atoms with Crippen molar-refractivity contribution in [1.29, 1.82) is 0 Å². The van der Waals surface area contributed by atoms with Crippen molar-refractivity contribution in [3.05, 3.63) is 48.8 Å². The first-order chi connectivity index (χ1) is 10.3. The van der Waals surface area contributed by atoms with Crippen LogP contribution in [0.5, 0.6) is 0 Å². The normalized spacial score (nSPS) is 10.7. The van der Waals surface area contributed by atoms with Gasteiger partial charge in [0.25, 0.3) is 0 Å². The van der Waals surface area contributed by atoms with E-state index in [-0.39, 0.29) is 0 Å². The van der Waals surface area contributed by atoms with Gasteiger partial charge >= 0.3 is 0 Å². The summed E-state index contributed by atoms with van der Waals surface area (Å²) < 4.78 is 2.13. The Labute approximate surface area is 127 Å². The van der Waals surface area contributed by atoms with E-state index in [0.29, 0.717) is 0 Å². The van der Waals surface area contributed by atoms with Crippen LogP contribution in [0.25, 0.3) is 0 Å². The van der Waals surface area contributed by atoms with Gasteiger partial charge in [0.2, 0.25) is 0 Å². The SMILES string of the molecule is CCn1ccnc1CNc1ccc(Sc2ncn[nH]2)cc1. The predicted octanol–water partition coefficient (Wildman–Crippen LogP) is 2.78. The predicted molar refractivity (Wildman–Crippen MR) is 82.2 cm³/mol. The van der Waals surface area contributed by atoms with Crippen LogP contribution < -0.4 is 5.32 Å². The molecule has 21 heavy (non-hydrogen) atoms. The molecule has 0 radical (unpaired) electrons. The van der Waals surface area contributed by atoms with E-state index in [0.717, 1.165) is 34.7 Å². The van der Waals surface area contributed by atoms with Crippen LogP contribution >= 0.6 is 11.8 Å². The standard InChI is InChI=1S/C14H16N6S/c1-2-20-8-7-15-13(20)9-16-11-3-5-12(6-4-11)21-14-17-10-18-19-14/h3-8,10,16H,2,9H2,1H3,(H,17,18,19). The van der Waals surface area contributed by atoms with Crippen LogP contribution in [0.2, 0.25) is 0 Å². The van der Waals surface area contributed by atoms with Gasteiger partial charge in [0.05, 0.1) is 6.54 Å². The number of H-pyrrole nitrogens is 1. The number of imidazole rings is 1. The average Bonchev–Trinajstić information content (AvgIpc) is 3.17. The highest BCUT2D eigenvalue weighted by Gasteiger charge is 2.02. The van der Waals surface area contributed by atoms with E-state index < -0.39 is 0 Å². The first-order valence-corrected chi connectivity index (χ1v) is 7.54. The summed E-state index contributed by atoms with van der Waals surface area (Å²) in [7, 11) is 0. The Bertz CT molecular complexity index is 674. The lowest BCUT2D eigenvalue weighted by molar-refractivity contribution is 0.708. The lowest BCUT2D eigenvalue weighted by Gasteiger charge is -2.08. The fourth-order valence-corrected chi connectivity index (χ4v) is 2.67. The molecular weight excluding hydrogens is 284 g/mol. The molecule has 0 unspecified atom stereocenters. The maximum absolute atomic E-state index is 4.35.